The Morgan fingerprint density at radius 2 is 1.54 bits per heavy atom. The molecule has 1 saturated heterocycles. The summed E-state index contributed by atoms with van der Waals surface area (Å²) in [6.07, 6.45) is -3.59. The van der Waals surface area contributed by atoms with Crippen LogP contribution in [0, 0.1) is 0 Å². The summed E-state index contributed by atoms with van der Waals surface area (Å²) in [6, 6.07) is 19.2. The molecular formula is C31H30BClF3NO4. The summed E-state index contributed by atoms with van der Waals surface area (Å²) in [7, 11) is -0.868. The highest BCUT2D eigenvalue weighted by molar-refractivity contribution is 6.56. The fraction of sp³-hybridized carbons (Fsp3) is 0.323. The highest BCUT2D eigenvalue weighted by Gasteiger charge is 2.52. The van der Waals surface area contributed by atoms with Gasteiger partial charge in [-0.3, -0.25) is 0 Å². The van der Waals surface area contributed by atoms with E-state index in [2.05, 4.69) is 17.4 Å². The number of amides is 1. The van der Waals surface area contributed by atoms with E-state index in [-0.39, 0.29) is 24.1 Å². The molecule has 214 valence electrons. The second-order valence-electron chi connectivity index (χ2n) is 11.2. The first-order chi connectivity index (χ1) is 19.3. The number of rotatable bonds is 6. The van der Waals surface area contributed by atoms with Gasteiger partial charge in [0.15, 0.2) is 0 Å². The smallest absolute Gasteiger partial charge is 0.449 e. The number of alkyl halides is 3. The van der Waals surface area contributed by atoms with E-state index in [4.69, 9.17) is 25.6 Å². The summed E-state index contributed by atoms with van der Waals surface area (Å²) in [4.78, 5) is 12.9. The van der Waals surface area contributed by atoms with E-state index in [9.17, 15) is 18.0 Å². The number of nitrogens with one attached hydrogen (secondary N) is 1. The monoisotopic (exact) mass is 583 g/mol. The number of alkyl carbamates (subject to hydrolysis) is 1. The van der Waals surface area contributed by atoms with Crippen molar-refractivity contribution in [2.24, 2.45) is 0 Å². The van der Waals surface area contributed by atoms with E-state index in [1.807, 2.05) is 64.1 Å². The first-order valence-corrected chi connectivity index (χ1v) is 13.7. The second-order valence-corrected chi connectivity index (χ2v) is 11.6. The predicted octanol–water partition coefficient (Wildman–Crippen LogP) is 7.91. The summed E-state index contributed by atoms with van der Waals surface area (Å²) in [5.41, 5.74) is 3.03. The van der Waals surface area contributed by atoms with Crippen molar-refractivity contribution in [3.63, 3.8) is 0 Å². The molecule has 2 aliphatic rings. The lowest BCUT2D eigenvalue weighted by atomic mass is 9.77. The number of ether oxygens (including phenoxy) is 1. The lowest BCUT2D eigenvalue weighted by molar-refractivity contribution is -0.137. The van der Waals surface area contributed by atoms with Crippen LogP contribution in [0.25, 0.3) is 17.2 Å². The van der Waals surface area contributed by atoms with Crippen LogP contribution in [0.2, 0.25) is 5.02 Å². The van der Waals surface area contributed by atoms with Crippen LogP contribution in [0.15, 0.2) is 72.2 Å². The minimum atomic E-state index is -4.52. The van der Waals surface area contributed by atoms with Crippen molar-refractivity contribution >= 4 is 30.9 Å². The molecule has 0 radical (unpaired) electrons. The highest BCUT2D eigenvalue weighted by Crippen LogP contribution is 2.44. The fourth-order valence-corrected chi connectivity index (χ4v) is 5.28. The van der Waals surface area contributed by atoms with Gasteiger partial charge in [-0.1, -0.05) is 72.3 Å². The molecule has 0 saturated carbocycles. The van der Waals surface area contributed by atoms with E-state index >= 15 is 0 Å². The largest absolute Gasteiger partial charge is 0.492 e. The molecule has 0 aromatic heterocycles. The topological polar surface area (TPSA) is 56.8 Å². The van der Waals surface area contributed by atoms with E-state index in [0.29, 0.717) is 11.0 Å². The van der Waals surface area contributed by atoms with Gasteiger partial charge in [0.1, 0.15) is 6.61 Å². The Bertz CT molecular complexity index is 1440. The van der Waals surface area contributed by atoms with Crippen LogP contribution in [0.3, 0.4) is 0 Å². The van der Waals surface area contributed by atoms with Crippen molar-refractivity contribution in [1.82, 2.24) is 5.32 Å². The van der Waals surface area contributed by atoms with Gasteiger partial charge in [-0.05, 0) is 73.1 Å². The molecule has 10 heteroatoms. The summed E-state index contributed by atoms with van der Waals surface area (Å²) in [5.74, 6) is -0.0998. The number of carbonyl (C=O) groups excluding carboxylic acids is 1. The molecule has 3 aromatic rings. The van der Waals surface area contributed by atoms with E-state index in [1.54, 1.807) is 6.08 Å². The van der Waals surface area contributed by atoms with Gasteiger partial charge in [0.05, 0.1) is 16.8 Å². The molecule has 41 heavy (non-hydrogen) atoms. The molecule has 0 bridgehead atoms. The molecule has 1 heterocycles. The molecule has 5 nitrogen and oxygen atoms in total. The average Bonchev–Trinajstić information content (AvgIpc) is 3.34. The van der Waals surface area contributed by atoms with E-state index < -0.39 is 36.2 Å². The molecule has 1 aliphatic carbocycles. The van der Waals surface area contributed by atoms with Gasteiger partial charge in [-0.15, -0.1) is 0 Å². The number of halogens is 4. The van der Waals surface area contributed by atoms with Crippen molar-refractivity contribution in [1.29, 1.82) is 0 Å². The van der Waals surface area contributed by atoms with Crippen molar-refractivity contribution < 1.29 is 32.0 Å². The van der Waals surface area contributed by atoms with Gasteiger partial charge in [-0.2, -0.15) is 13.2 Å². The van der Waals surface area contributed by atoms with Gasteiger partial charge in [0.2, 0.25) is 0 Å². The third-order valence-electron chi connectivity index (χ3n) is 8.01. The quantitative estimate of drug-likeness (QED) is 0.300. The standard InChI is InChI=1S/C31H30BClF3NO4/c1-29(2)30(3,4)41-32(40-29)21(15-19-13-14-20(16-27(19)33)31(34,35)36)17-37-28(38)39-18-26-24-11-7-5-9-22(24)23-10-6-8-12-25(23)26/h5-16,26H,17-18H2,1-4H3,(H,37,38). The van der Waals surface area contributed by atoms with Crippen molar-refractivity contribution in [3.05, 3.63) is 99.5 Å². The third-order valence-corrected chi connectivity index (χ3v) is 8.33. The summed E-state index contributed by atoms with van der Waals surface area (Å²) in [6.45, 7) is 7.64. The fourth-order valence-electron chi connectivity index (χ4n) is 5.04. The van der Waals surface area contributed by atoms with Crippen LogP contribution in [-0.4, -0.2) is 37.6 Å². The van der Waals surface area contributed by atoms with Crippen LogP contribution >= 0.6 is 11.6 Å². The maximum atomic E-state index is 13.2. The number of benzene rings is 3. The SMILES string of the molecule is CC1(C)OB(C(=Cc2ccc(C(F)(F)F)cc2Cl)CNC(=O)OCC2c3ccccc3-c3ccccc32)OC1(C)C. The first kappa shape index (κ1) is 29.2. The maximum Gasteiger partial charge on any atom is 0.492 e. The molecule has 1 N–H and O–H groups in total. The summed E-state index contributed by atoms with van der Waals surface area (Å²) < 4.78 is 57.5. The van der Waals surface area contributed by atoms with Gasteiger partial charge in [0.25, 0.3) is 0 Å². The van der Waals surface area contributed by atoms with Crippen LogP contribution in [0.4, 0.5) is 18.0 Å². The molecule has 1 aliphatic heterocycles. The molecule has 1 amide bonds. The summed E-state index contributed by atoms with van der Waals surface area (Å²) in [5, 5.41) is 2.66. The Morgan fingerprint density at radius 3 is 2.07 bits per heavy atom. The molecule has 0 unspecified atom stereocenters. The molecule has 0 spiro atoms. The Hall–Kier alpha value is -3.27. The molecule has 3 aromatic carbocycles. The molecule has 5 rings (SSSR count). The van der Waals surface area contributed by atoms with Crippen molar-refractivity contribution in [2.45, 2.75) is 51.0 Å². The Labute approximate surface area is 242 Å². The Balaban J connectivity index is 1.33. The average molecular weight is 584 g/mol. The lowest BCUT2D eigenvalue weighted by Crippen LogP contribution is -2.41. The highest BCUT2D eigenvalue weighted by atomic mass is 35.5. The van der Waals surface area contributed by atoms with Gasteiger partial charge in [0, 0.05) is 17.5 Å². The second kappa shape index (κ2) is 10.9. The third kappa shape index (κ3) is 5.89. The Kier molecular flexibility index (Phi) is 7.74. The van der Waals surface area contributed by atoms with Crippen LogP contribution in [-0.2, 0) is 20.2 Å². The normalized spacial score (nSPS) is 17.8. The van der Waals surface area contributed by atoms with E-state index in [1.165, 1.54) is 6.07 Å². The zero-order valence-electron chi connectivity index (χ0n) is 23.1. The number of carbonyl (C=O) groups is 1. The van der Waals surface area contributed by atoms with Gasteiger partial charge < -0.3 is 19.4 Å². The van der Waals surface area contributed by atoms with Crippen molar-refractivity contribution in [2.75, 3.05) is 13.2 Å². The number of hydrogen-bond acceptors (Lipinski definition) is 4. The zero-order chi connectivity index (χ0) is 29.6. The number of hydrogen-bond donors (Lipinski definition) is 1. The molecule has 0 atom stereocenters. The molecule has 1 fully saturated rings. The van der Waals surface area contributed by atoms with Crippen LogP contribution < -0.4 is 5.32 Å². The zero-order valence-corrected chi connectivity index (χ0v) is 23.9. The first-order valence-electron chi connectivity index (χ1n) is 13.3. The lowest BCUT2D eigenvalue weighted by Gasteiger charge is -2.32. The minimum Gasteiger partial charge on any atom is -0.449 e. The summed E-state index contributed by atoms with van der Waals surface area (Å²) >= 11 is 6.23. The van der Waals surface area contributed by atoms with Crippen LogP contribution in [0.1, 0.15) is 55.9 Å². The van der Waals surface area contributed by atoms with E-state index in [0.717, 1.165) is 34.4 Å². The van der Waals surface area contributed by atoms with Crippen LogP contribution in [0.5, 0.6) is 0 Å². The van der Waals surface area contributed by atoms with Crippen molar-refractivity contribution in [3.8, 4) is 11.1 Å². The van der Waals surface area contributed by atoms with Gasteiger partial charge >= 0.3 is 19.4 Å². The maximum absolute atomic E-state index is 13.2. The Morgan fingerprint density at radius 1 is 0.976 bits per heavy atom. The molecular weight excluding hydrogens is 554 g/mol. The predicted molar refractivity (Wildman–Crippen MR) is 154 cm³/mol. The number of fused-ring (bicyclic) bond motifs is 3. The van der Waals surface area contributed by atoms with Gasteiger partial charge in [-0.25, -0.2) is 4.79 Å². The minimum absolute atomic E-state index is 0.0369.